The van der Waals surface area contributed by atoms with Crippen molar-refractivity contribution >= 4 is 10.0 Å². The van der Waals surface area contributed by atoms with Gasteiger partial charge in [0.05, 0.1) is 18.0 Å². The van der Waals surface area contributed by atoms with E-state index in [0.29, 0.717) is 6.42 Å². The van der Waals surface area contributed by atoms with Gasteiger partial charge in [-0.25, -0.2) is 13.1 Å². The summed E-state index contributed by atoms with van der Waals surface area (Å²) in [7, 11) is -3.40. The van der Waals surface area contributed by atoms with Gasteiger partial charge in [0, 0.05) is 18.2 Å². The number of aromatic nitrogens is 2. The van der Waals surface area contributed by atoms with E-state index in [1.165, 1.54) is 23.2 Å². The quantitative estimate of drug-likeness (QED) is 0.595. The van der Waals surface area contributed by atoms with E-state index in [1.807, 2.05) is 55.5 Å². The van der Waals surface area contributed by atoms with Gasteiger partial charge in [-0.3, -0.25) is 4.68 Å². The van der Waals surface area contributed by atoms with Crippen LogP contribution >= 0.6 is 0 Å². The van der Waals surface area contributed by atoms with Crippen LogP contribution in [-0.4, -0.2) is 24.0 Å². The Labute approximate surface area is 179 Å². The molecule has 5 nitrogen and oxygen atoms in total. The first-order chi connectivity index (χ1) is 14.5. The largest absolute Gasteiger partial charge is 0.265 e. The summed E-state index contributed by atoms with van der Waals surface area (Å²) in [6.45, 7) is 2.61. The van der Waals surface area contributed by atoms with Crippen molar-refractivity contribution in [1.29, 1.82) is 0 Å². The van der Waals surface area contributed by atoms with Crippen molar-refractivity contribution in [2.45, 2.75) is 51.6 Å². The number of hydrogen-bond acceptors (Lipinski definition) is 3. The van der Waals surface area contributed by atoms with Gasteiger partial charge in [0.25, 0.3) is 0 Å². The maximum atomic E-state index is 12.7. The van der Waals surface area contributed by atoms with Crippen molar-refractivity contribution in [2.75, 3.05) is 5.75 Å². The second-order valence-electron chi connectivity index (χ2n) is 8.04. The lowest BCUT2D eigenvalue weighted by Gasteiger charge is -2.15. The monoisotopic (exact) mass is 423 g/mol. The fourth-order valence-corrected chi connectivity index (χ4v) is 5.46. The molecular weight excluding hydrogens is 394 g/mol. The van der Waals surface area contributed by atoms with Crippen molar-refractivity contribution in [1.82, 2.24) is 14.5 Å². The number of nitrogens with zero attached hydrogens (tertiary/aromatic N) is 2. The van der Waals surface area contributed by atoms with Crippen LogP contribution in [0.5, 0.6) is 0 Å². The second kappa shape index (κ2) is 9.14. The number of sulfonamides is 1. The van der Waals surface area contributed by atoms with E-state index in [4.69, 9.17) is 5.10 Å². The maximum Gasteiger partial charge on any atom is 0.212 e. The van der Waals surface area contributed by atoms with E-state index < -0.39 is 10.0 Å². The van der Waals surface area contributed by atoms with E-state index in [9.17, 15) is 8.42 Å². The van der Waals surface area contributed by atoms with Crippen LogP contribution in [0.3, 0.4) is 0 Å². The molecular formula is C24H29N3O2S. The lowest BCUT2D eigenvalue weighted by Crippen LogP contribution is -2.30. The molecule has 0 saturated heterocycles. The van der Waals surface area contributed by atoms with Crippen LogP contribution in [0.4, 0.5) is 0 Å². The highest BCUT2D eigenvalue weighted by Crippen LogP contribution is 2.26. The molecule has 0 radical (unpaired) electrons. The summed E-state index contributed by atoms with van der Waals surface area (Å²) in [5.41, 5.74) is 5.67. The summed E-state index contributed by atoms with van der Waals surface area (Å²) in [5, 5.41) is 4.85. The van der Waals surface area contributed by atoms with E-state index in [-0.39, 0.29) is 11.8 Å². The first-order valence-corrected chi connectivity index (χ1v) is 12.3. The maximum absolute atomic E-state index is 12.7. The average Bonchev–Trinajstić information content (AvgIpc) is 3.11. The van der Waals surface area contributed by atoms with Gasteiger partial charge in [-0.1, -0.05) is 60.7 Å². The third-order valence-corrected chi connectivity index (χ3v) is 7.23. The summed E-state index contributed by atoms with van der Waals surface area (Å²) in [6.07, 6.45) is 4.77. The van der Waals surface area contributed by atoms with Crippen molar-refractivity contribution in [3.63, 3.8) is 0 Å². The fourth-order valence-electron chi connectivity index (χ4n) is 4.21. The van der Waals surface area contributed by atoms with Gasteiger partial charge in [-0.15, -0.1) is 0 Å². The third-order valence-electron chi connectivity index (χ3n) is 5.78. The standard InChI is InChI=1S/C24H29N3O2S/c1-19(21-12-6-3-7-13-21)26-30(28,29)17-16-23-22-14-8-9-15-24(22)27(25-23)18-20-10-4-2-5-11-20/h2-7,10-13,19,26H,8-9,14-18H2,1H3/t19-/m1/s1. The Hall–Kier alpha value is -2.44. The van der Waals surface area contributed by atoms with Crippen LogP contribution < -0.4 is 4.72 Å². The molecule has 0 amide bonds. The van der Waals surface area contributed by atoms with Crippen molar-refractivity contribution in [3.8, 4) is 0 Å². The molecule has 4 rings (SSSR count). The number of benzene rings is 2. The highest BCUT2D eigenvalue weighted by Gasteiger charge is 2.23. The first kappa shape index (κ1) is 20.8. The molecule has 1 aliphatic carbocycles. The second-order valence-corrected chi connectivity index (χ2v) is 9.91. The third kappa shape index (κ3) is 4.99. The molecule has 0 saturated carbocycles. The van der Waals surface area contributed by atoms with Crippen LogP contribution in [0, 0.1) is 0 Å². The minimum atomic E-state index is -3.40. The minimum Gasteiger partial charge on any atom is -0.265 e. The van der Waals surface area contributed by atoms with Crippen LogP contribution in [0.25, 0.3) is 0 Å². The van der Waals surface area contributed by atoms with E-state index in [0.717, 1.165) is 37.1 Å². The zero-order valence-electron chi connectivity index (χ0n) is 17.4. The van der Waals surface area contributed by atoms with Crippen LogP contribution in [-0.2, 0) is 35.8 Å². The number of aryl methyl sites for hydroxylation is 1. The van der Waals surface area contributed by atoms with E-state index >= 15 is 0 Å². The molecule has 3 aromatic rings. The number of rotatable bonds is 8. The zero-order valence-corrected chi connectivity index (χ0v) is 18.2. The fraction of sp³-hybridized carbons (Fsp3) is 0.375. The zero-order chi connectivity index (χ0) is 21.0. The van der Waals surface area contributed by atoms with Gasteiger partial charge in [0.2, 0.25) is 10.0 Å². The average molecular weight is 424 g/mol. The normalized spacial score (nSPS) is 15.0. The lowest BCUT2D eigenvalue weighted by molar-refractivity contribution is 0.565. The van der Waals surface area contributed by atoms with Gasteiger partial charge < -0.3 is 0 Å². The summed E-state index contributed by atoms with van der Waals surface area (Å²) in [6, 6.07) is 19.7. The molecule has 30 heavy (non-hydrogen) atoms. The smallest absolute Gasteiger partial charge is 0.212 e. The summed E-state index contributed by atoms with van der Waals surface area (Å²) in [5.74, 6) is 0.0545. The van der Waals surface area contributed by atoms with Crippen LogP contribution in [0.2, 0.25) is 0 Å². The number of fused-ring (bicyclic) bond motifs is 1. The van der Waals surface area contributed by atoms with Gasteiger partial charge in [0.15, 0.2) is 0 Å². The van der Waals surface area contributed by atoms with Gasteiger partial charge in [0.1, 0.15) is 0 Å². The Morgan fingerprint density at radius 3 is 2.40 bits per heavy atom. The predicted molar refractivity (Wildman–Crippen MR) is 120 cm³/mol. The van der Waals surface area contributed by atoms with Crippen LogP contribution in [0.15, 0.2) is 60.7 Å². The van der Waals surface area contributed by atoms with Crippen molar-refractivity contribution in [2.24, 2.45) is 0 Å². The summed E-state index contributed by atoms with van der Waals surface area (Å²) in [4.78, 5) is 0. The highest BCUT2D eigenvalue weighted by molar-refractivity contribution is 7.89. The van der Waals surface area contributed by atoms with Crippen LogP contribution in [0.1, 0.15) is 53.9 Å². The van der Waals surface area contributed by atoms with Crippen molar-refractivity contribution in [3.05, 3.63) is 88.7 Å². The molecule has 0 fully saturated rings. The first-order valence-electron chi connectivity index (χ1n) is 10.7. The summed E-state index contributed by atoms with van der Waals surface area (Å²) < 4.78 is 30.3. The molecule has 0 bridgehead atoms. The molecule has 6 heteroatoms. The molecule has 0 unspecified atom stereocenters. The minimum absolute atomic E-state index is 0.0545. The Kier molecular flexibility index (Phi) is 6.35. The Balaban J connectivity index is 1.47. The molecule has 1 atom stereocenters. The molecule has 158 valence electrons. The van der Waals surface area contributed by atoms with E-state index in [2.05, 4.69) is 21.5 Å². The summed E-state index contributed by atoms with van der Waals surface area (Å²) >= 11 is 0. The molecule has 1 N–H and O–H groups in total. The van der Waals surface area contributed by atoms with Crippen molar-refractivity contribution < 1.29 is 8.42 Å². The van der Waals surface area contributed by atoms with Gasteiger partial charge in [-0.05, 0) is 49.3 Å². The van der Waals surface area contributed by atoms with Gasteiger partial charge in [-0.2, -0.15) is 5.10 Å². The number of hydrogen-bond donors (Lipinski definition) is 1. The molecule has 1 heterocycles. The highest BCUT2D eigenvalue weighted by atomic mass is 32.2. The molecule has 0 aliphatic heterocycles. The Morgan fingerprint density at radius 1 is 1.00 bits per heavy atom. The lowest BCUT2D eigenvalue weighted by atomic mass is 9.95. The SMILES string of the molecule is C[C@@H](NS(=O)(=O)CCc1nn(Cc2ccccc2)c2c1CCCC2)c1ccccc1. The Bertz CT molecular complexity index is 1080. The molecule has 1 aliphatic rings. The Morgan fingerprint density at radius 2 is 1.67 bits per heavy atom. The number of nitrogens with one attached hydrogen (secondary N) is 1. The topological polar surface area (TPSA) is 64.0 Å². The van der Waals surface area contributed by atoms with Gasteiger partial charge >= 0.3 is 0 Å². The van der Waals surface area contributed by atoms with E-state index in [1.54, 1.807) is 0 Å². The molecule has 2 aromatic carbocycles. The molecule has 0 spiro atoms. The molecule has 1 aromatic heterocycles. The predicted octanol–water partition coefficient (Wildman–Crippen LogP) is 4.03.